The first-order valence-corrected chi connectivity index (χ1v) is 6.13. The molecular formula is C7H14INS. The van der Waals surface area contributed by atoms with Gasteiger partial charge in [0.2, 0.25) is 0 Å². The third-order valence-corrected chi connectivity index (χ3v) is 2.95. The van der Waals surface area contributed by atoms with Crippen LogP contribution < -0.4 is 0 Å². The molecule has 0 aromatic heterocycles. The van der Waals surface area contributed by atoms with Crippen molar-refractivity contribution in [2.45, 2.75) is 10.8 Å². The van der Waals surface area contributed by atoms with E-state index in [1.54, 1.807) is 0 Å². The quantitative estimate of drug-likeness (QED) is 0.557. The van der Waals surface area contributed by atoms with Crippen molar-refractivity contribution in [2.75, 3.05) is 31.1 Å². The lowest BCUT2D eigenvalue weighted by molar-refractivity contribution is 0.310. The smallest absolute Gasteiger partial charge is 0.0209 e. The minimum absolute atomic E-state index is 0.806. The molecule has 0 saturated carbocycles. The van der Waals surface area contributed by atoms with E-state index in [0.717, 1.165) is 3.92 Å². The molecule has 1 heterocycles. The molecule has 0 aliphatic carbocycles. The summed E-state index contributed by atoms with van der Waals surface area (Å²) in [6, 6.07) is 0. The second kappa shape index (κ2) is 4.83. The minimum atomic E-state index is 0.806. The van der Waals surface area contributed by atoms with Crippen LogP contribution in [-0.2, 0) is 0 Å². The van der Waals surface area contributed by atoms with E-state index in [2.05, 4.69) is 46.2 Å². The normalized spacial score (nSPS) is 24.6. The van der Waals surface area contributed by atoms with Gasteiger partial charge in [0.1, 0.15) is 0 Å². The fourth-order valence-corrected chi connectivity index (χ4v) is 2.68. The fraction of sp³-hybridized carbons (Fsp3) is 1.00. The summed E-state index contributed by atoms with van der Waals surface area (Å²) < 4.78 is 0.806. The SMILES string of the molecule is CC(I)CN1CCSCC1. The summed E-state index contributed by atoms with van der Waals surface area (Å²) in [6.07, 6.45) is 0. The van der Waals surface area contributed by atoms with Gasteiger partial charge in [-0.1, -0.05) is 29.5 Å². The van der Waals surface area contributed by atoms with Gasteiger partial charge in [-0.25, -0.2) is 0 Å². The Morgan fingerprint density at radius 2 is 2.10 bits per heavy atom. The Morgan fingerprint density at radius 3 is 2.60 bits per heavy atom. The van der Waals surface area contributed by atoms with Gasteiger partial charge in [0.25, 0.3) is 0 Å². The van der Waals surface area contributed by atoms with Crippen molar-refractivity contribution >= 4 is 34.4 Å². The van der Waals surface area contributed by atoms with Crippen molar-refractivity contribution in [3.8, 4) is 0 Å². The average molecular weight is 271 g/mol. The van der Waals surface area contributed by atoms with Crippen LogP contribution in [0.3, 0.4) is 0 Å². The molecule has 1 aliphatic heterocycles. The Morgan fingerprint density at radius 1 is 1.50 bits per heavy atom. The maximum absolute atomic E-state index is 2.56. The predicted octanol–water partition coefficient (Wildman–Crippen LogP) is 1.86. The van der Waals surface area contributed by atoms with Gasteiger partial charge in [-0.2, -0.15) is 11.8 Å². The summed E-state index contributed by atoms with van der Waals surface area (Å²) in [7, 11) is 0. The molecule has 0 aromatic carbocycles. The maximum Gasteiger partial charge on any atom is 0.0209 e. The molecular weight excluding hydrogens is 257 g/mol. The summed E-state index contributed by atoms with van der Waals surface area (Å²) in [5.41, 5.74) is 0. The van der Waals surface area contributed by atoms with Crippen molar-refractivity contribution < 1.29 is 0 Å². The third-order valence-electron chi connectivity index (χ3n) is 1.61. The van der Waals surface area contributed by atoms with Gasteiger partial charge in [0.15, 0.2) is 0 Å². The van der Waals surface area contributed by atoms with E-state index in [9.17, 15) is 0 Å². The van der Waals surface area contributed by atoms with E-state index < -0.39 is 0 Å². The van der Waals surface area contributed by atoms with Crippen LogP contribution in [-0.4, -0.2) is 40.0 Å². The number of halogens is 1. The van der Waals surface area contributed by atoms with Crippen molar-refractivity contribution in [3.63, 3.8) is 0 Å². The van der Waals surface area contributed by atoms with E-state index >= 15 is 0 Å². The second-order valence-electron chi connectivity index (χ2n) is 2.69. The molecule has 0 N–H and O–H groups in total. The zero-order chi connectivity index (χ0) is 7.40. The molecule has 1 rings (SSSR count). The van der Waals surface area contributed by atoms with Crippen molar-refractivity contribution in [3.05, 3.63) is 0 Å². The molecule has 60 valence electrons. The van der Waals surface area contributed by atoms with Crippen LogP contribution in [0.1, 0.15) is 6.92 Å². The highest BCUT2D eigenvalue weighted by Gasteiger charge is 2.11. The Hall–Kier alpha value is 1.04. The van der Waals surface area contributed by atoms with Gasteiger partial charge in [0, 0.05) is 35.1 Å². The third kappa shape index (κ3) is 3.44. The highest BCUT2D eigenvalue weighted by Crippen LogP contribution is 2.11. The summed E-state index contributed by atoms with van der Waals surface area (Å²) >= 11 is 4.58. The lowest BCUT2D eigenvalue weighted by Gasteiger charge is -2.26. The van der Waals surface area contributed by atoms with Gasteiger partial charge in [-0.15, -0.1) is 0 Å². The van der Waals surface area contributed by atoms with Crippen LogP contribution in [0, 0.1) is 0 Å². The highest BCUT2D eigenvalue weighted by molar-refractivity contribution is 14.1. The molecule has 0 bridgehead atoms. The Labute approximate surface area is 81.1 Å². The largest absolute Gasteiger partial charge is 0.301 e. The van der Waals surface area contributed by atoms with Crippen LogP contribution in [0.2, 0.25) is 0 Å². The van der Waals surface area contributed by atoms with E-state index in [4.69, 9.17) is 0 Å². The molecule has 0 spiro atoms. The average Bonchev–Trinajstić information content (AvgIpc) is 1.88. The molecule has 1 fully saturated rings. The van der Waals surface area contributed by atoms with E-state index in [-0.39, 0.29) is 0 Å². The van der Waals surface area contributed by atoms with Gasteiger partial charge < -0.3 is 4.90 Å². The molecule has 1 saturated heterocycles. The van der Waals surface area contributed by atoms with Crippen molar-refractivity contribution in [1.29, 1.82) is 0 Å². The lowest BCUT2D eigenvalue weighted by atomic mass is 10.4. The Balaban J connectivity index is 2.13. The first kappa shape index (κ1) is 9.13. The van der Waals surface area contributed by atoms with Crippen LogP contribution >= 0.6 is 34.4 Å². The topological polar surface area (TPSA) is 3.24 Å². The van der Waals surface area contributed by atoms with Crippen molar-refractivity contribution in [1.82, 2.24) is 4.90 Å². The van der Waals surface area contributed by atoms with Gasteiger partial charge in [-0.05, 0) is 0 Å². The first-order valence-electron chi connectivity index (χ1n) is 3.73. The lowest BCUT2D eigenvalue weighted by Crippen LogP contribution is -2.35. The Kier molecular flexibility index (Phi) is 4.41. The van der Waals surface area contributed by atoms with E-state index in [0.29, 0.717) is 0 Å². The number of thioether (sulfide) groups is 1. The highest BCUT2D eigenvalue weighted by atomic mass is 127. The maximum atomic E-state index is 2.56. The molecule has 0 radical (unpaired) electrons. The summed E-state index contributed by atoms with van der Waals surface area (Å²) in [6.45, 7) is 6.17. The standard InChI is InChI=1S/C7H14INS/c1-7(8)6-9-2-4-10-5-3-9/h7H,2-6H2,1H3. The van der Waals surface area contributed by atoms with Gasteiger partial charge in [-0.3, -0.25) is 0 Å². The summed E-state index contributed by atoms with van der Waals surface area (Å²) in [5.74, 6) is 2.67. The summed E-state index contributed by atoms with van der Waals surface area (Å²) in [5, 5.41) is 0. The van der Waals surface area contributed by atoms with Crippen LogP contribution in [0.5, 0.6) is 0 Å². The minimum Gasteiger partial charge on any atom is -0.301 e. The van der Waals surface area contributed by atoms with Gasteiger partial charge in [0.05, 0.1) is 0 Å². The number of hydrogen-bond acceptors (Lipinski definition) is 2. The second-order valence-corrected chi connectivity index (χ2v) is 6.04. The summed E-state index contributed by atoms with van der Waals surface area (Å²) in [4.78, 5) is 2.56. The zero-order valence-electron chi connectivity index (χ0n) is 6.35. The van der Waals surface area contributed by atoms with Crippen LogP contribution in [0.25, 0.3) is 0 Å². The van der Waals surface area contributed by atoms with E-state index in [1.807, 2.05) is 0 Å². The molecule has 0 aromatic rings. The number of alkyl halides is 1. The number of nitrogens with zero attached hydrogens (tertiary/aromatic N) is 1. The molecule has 1 nitrogen and oxygen atoms in total. The molecule has 1 unspecified atom stereocenters. The monoisotopic (exact) mass is 271 g/mol. The molecule has 10 heavy (non-hydrogen) atoms. The van der Waals surface area contributed by atoms with Gasteiger partial charge >= 0.3 is 0 Å². The predicted molar refractivity (Wildman–Crippen MR) is 57.2 cm³/mol. The zero-order valence-corrected chi connectivity index (χ0v) is 9.32. The molecule has 1 atom stereocenters. The molecule has 1 aliphatic rings. The Bertz CT molecular complexity index is 91.6. The fourth-order valence-electron chi connectivity index (χ4n) is 1.14. The molecule has 3 heteroatoms. The van der Waals surface area contributed by atoms with E-state index in [1.165, 1.54) is 31.1 Å². The van der Waals surface area contributed by atoms with Crippen LogP contribution in [0.15, 0.2) is 0 Å². The van der Waals surface area contributed by atoms with Crippen LogP contribution in [0.4, 0.5) is 0 Å². The first-order chi connectivity index (χ1) is 4.79. The molecule has 0 amide bonds. The van der Waals surface area contributed by atoms with Crippen molar-refractivity contribution in [2.24, 2.45) is 0 Å². The number of hydrogen-bond donors (Lipinski definition) is 0. The number of rotatable bonds is 2.